The number of carboxylic acid groups (broad SMARTS) is 1. The molecule has 116 valence electrons. The van der Waals surface area contributed by atoms with Gasteiger partial charge >= 0.3 is 5.97 Å². The van der Waals surface area contributed by atoms with Gasteiger partial charge in [-0.05, 0) is 31.7 Å². The van der Waals surface area contributed by atoms with Crippen LogP contribution >= 0.6 is 0 Å². The molecule has 4 nitrogen and oxygen atoms in total. The second kappa shape index (κ2) is 6.90. The van der Waals surface area contributed by atoms with Crippen LogP contribution in [-0.2, 0) is 9.53 Å². The molecule has 1 aliphatic heterocycles. The van der Waals surface area contributed by atoms with E-state index in [1.165, 1.54) is 12.8 Å². The first-order valence-corrected chi connectivity index (χ1v) is 8.06. The van der Waals surface area contributed by atoms with Crippen LogP contribution in [0.3, 0.4) is 0 Å². The first kappa shape index (κ1) is 15.8. The van der Waals surface area contributed by atoms with E-state index in [9.17, 15) is 9.90 Å². The molecule has 0 aromatic rings. The summed E-state index contributed by atoms with van der Waals surface area (Å²) in [7, 11) is 1.77. The third-order valence-corrected chi connectivity index (χ3v) is 5.32. The summed E-state index contributed by atoms with van der Waals surface area (Å²) in [4.78, 5) is 14.2. The van der Waals surface area contributed by atoms with Crippen molar-refractivity contribution >= 4 is 5.97 Å². The third-order valence-electron chi connectivity index (χ3n) is 5.32. The first-order chi connectivity index (χ1) is 9.57. The Morgan fingerprint density at radius 2 is 1.95 bits per heavy atom. The van der Waals surface area contributed by atoms with Crippen LogP contribution in [0.4, 0.5) is 0 Å². The number of piperidine rings is 1. The average Bonchev–Trinajstić information content (AvgIpc) is 2.67. The summed E-state index contributed by atoms with van der Waals surface area (Å²) in [5.41, 5.74) is -0.518. The van der Waals surface area contributed by atoms with E-state index in [2.05, 4.69) is 11.8 Å². The molecule has 1 saturated carbocycles. The van der Waals surface area contributed by atoms with Crippen molar-refractivity contribution in [1.29, 1.82) is 0 Å². The monoisotopic (exact) mass is 283 g/mol. The lowest BCUT2D eigenvalue weighted by Gasteiger charge is -2.41. The Labute approximate surface area is 122 Å². The van der Waals surface area contributed by atoms with Gasteiger partial charge in [0.2, 0.25) is 0 Å². The predicted molar refractivity (Wildman–Crippen MR) is 78.8 cm³/mol. The van der Waals surface area contributed by atoms with Crippen molar-refractivity contribution in [2.75, 3.05) is 26.7 Å². The summed E-state index contributed by atoms with van der Waals surface area (Å²) in [6.45, 7) is 4.82. The predicted octanol–water partition coefficient (Wildman–Crippen LogP) is 2.77. The molecule has 0 amide bonds. The number of hydrogen-bond acceptors (Lipinski definition) is 3. The molecule has 0 radical (unpaired) electrons. The minimum absolute atomic E-state index is 0.250. The van der Waals surface area contributed by atoms with Crippen LogP contribution in [0.25, 0.3) is 0 Å². The lowest BCUT2D eigenvalue weighted by Crippen LogP contribution is -2.50. The third kappa shape index (κ3) is 3.53. The van der Waals surface area contributed by atoms with Crippen LogP contribution in [0, 0.1) is 11.3 Å². The quantitative estimate of drug-likeness (QED) is 0.806. The number of nitrogens with zero attached hydrogens (tertiary/aromatic N) is 1. The summed E-state index contributed by atoms with van der Waals surface area (Å²) in [5.74, 6) is -0.0156. The molecule has 0 bridgehead atoms. The number of hydrogen-bond donors (Lipinski definition) is 1. The summed E-state index contributed by atoms with van der Waals surface area (Å²) in [5, 5.41) is 9.76. The molecule has 2 atom stereocenters. The van der Waals surface area contributed by atoms with Crippen molar-refractivity contribution in [3.63, 3.8) is 0 Å². The van der Waals surface area contributed by atoms with Gasteiger partial charge in [-0.3, -0.25) is 9.69 Å². The van der Waals surface area contributed by atoms with E-state index in [0.717, 1.165) is 45.2 Å². The number of aliphatic carboxylic acids is 1. The molecule has 4 heteroatoms. The molecule has 0 aromatic heterocycles. The van der Waals surface area contributed by atoms with Crippen LogP contribution in [0.15, 0.2) is 0 Å². The maximum absolute atomic E-state index is 11.9. The summed E-state index contributed by atoms with van der Waals surface area (Å²) in [6, 6.07) is 0. The van der Waals surface area contributed by atoms with E-state index >= 15 is 0 Å². The van der Waals surface area contributed by atoms with Crippen LogP contribution in [0.1, 0.15) is 51.9 Å². The maximum atomic E-state index is 11.9. The highest BCUT2D eigenvalue weighted by atomic mass is 16.5. The molecule has 0 spiro atoms. The zero-order chi connectivity index (χ0) is 14.6. The van der Waals surface area contributed by atoms with Gasteiger partial charge in [-0.25, -0.2) is 0 Å². The van der Waals surface area contributed by atoms with E-state index in [0.29, 0.717) is 12.5 Å². The van der Waals surface area contributed by atoms with Crippen molar-refractivity contribution in [1.82, 2.24) is 4.90 Å². The van der Waals surface area contributed by atoms with Crippen molar-refractivity contribution in [2.24, 2.45) is 11.3 Å². The smallest absolute Gasteiger partial charge is 0.310 e. The summed E-state index contributed by atoms with van der Waals surface area (Å²) in [6.07, 6.45) is 7.53. The molecule has 2 fully saturated rings. The van der Waals surface area contributed by atoms with Gasteiger partial charge in [-0.2, -0.15) is 0 Å². The molecular weight excluding hydrogens is 254 g/mol. The number of likely N-dealkylation sites (tertiary alicyclic amines) is 1. The van der Waals surface area contributed by atoms with Crippen LogP contribution < -0.4 is 0 Å². The molecular formula is C16H29NO3. The van der Waals surface area contributed by atoms with E-state index in [1.807, 2.05) is 0 Å². The molecule has 0 aromatic carbocycles. The summed E-state index contributed by atoms with van der Waals surface area (Å²) >= 11 is 0. The van der Waals surface area contributed by atoms with Crippen LogP contribution in [-0.4, -0.2) is 48.8 Å². The van der Waals surface area contributed by atoms with Crippen LogP contribution in [0.2, 0.25) is 0 Å². The molecule has 1 aliphatic carbocycles. The minimum Gasteiger partial charge on any atom is -0.481 e. The van der Waals surface area contributed by atoms with Gasteiger partial charge in [0.25, 0.3) is 0 Å². The largest absolute Gasteiger partial charge is 0.481 e. The Balaban J connectivity index is 2.02. The normalized spacial score (nSPS) is 31.7. The Hall–Kier alpha value is -0.610. The van der Waals surface area contributed by atoms with Crippen molar-refractivity contribution in [3.8, 4) is 0 Å². The zero-order valence-electron chi connectivity index (χ0n) is 12.9. The number of carboxylic acids is 1. The Morgan fingerprint density at radius 3 is 2.50 bits per heavy atom. The highest BCUT2D eigenvalue weighted by molar-refractivity contribution is 5.75. The molecule has 2 rings (SSSR count). The van der Waals surface area contributed by atoms with Gasteiger partial charge in [0, 0.05) is 20.2 Å². The highest BCUT2D eigenvalue weighted by Gasteiger charge is 2.41. The Morgan fingerprint density at radius 1 is 1.30 bits per heavy atom. The fraction of sp³-hybridized carbons (Fsp3) is 0.938. The second-order valence-corrected chi connectivity index (χ2v) is 6.77. The van der Waals surface area contributed by atoms with Gasteiger partial charge in [0.05, 0.1) is 11.5 Å². The minimum atomic E-state index is -0.591. The number of carbonyl (C=O) groups is 1. The van der Waals surface area contributed by atoms with Gasteiger partial charge < -0.3 is 9.84 Å². The average molecular weight is 283 g/mol. The van der Waals surface area contributed by atoms with Gasteiger partial charge in [-0.1, -0.05) is 32.6 Å². The fourth-order valence-electron chi connectivity index (χ4n) is 3.82. The molecule has 2 aliphatic rings. The summed E-state index contributed by atoms with van der Waals surface area (Å²) < 4.78 is 5.55. The number of rotatable bonds is 4. The zero-order valence-corrected chi connectivity index (χ0v) is 12.9. The van der Waals surface area contributed by atoms with E-state index in [-0.39, 0.29) is 6.10 Å². The molecule has 1 heterocycles. The standard InChI is InChI=1S/C16H29NO3/c1-13-7-10-17(11-14(13)20-2)12-16(15(18)19)8-5-3-4-6-9-16/h13-14H,3-12H2,1-2H3,(H,18,19). The maximum Gasteiger partial charge on any atom is 0.310 e. The number of methoxy groups -OCH3 is 1. The van der Waals surface area contributed by atoms with Crippen molar-refractivity contribution < 1.29 is 14.6 Å². The Bertz CT molecular complexity index is 324. The van der Waals surface area contributed by atoms with E-state index in [1.54, 1.807) is 7.11 Å². The molecule has 1 saturated heterocycles. The first-order valence-electron chi connectivity index (χ1n) is 8.06. The molecule has 2 unspecified atom stereocenters. The van der Waals surface area contributed by atoms with Gasteiger partial charge in [0.15, 0.2) is 0 Å². The van der Waals surface area contributed by atoms with E-state index in [4.69, 9.17) is 4.74 Å². The highest BCUT2D eigenvalue weighted by Crippen LogP contribution is 2.37. The Kier molecular flexibility index (Phi) is 5.44. The van der Waals surface area contributed by atoms with Crippen LogP contribution in [0.5, 0.6) is 0 Å². The molecule has 1 N–H and O–H groups in total. The van der Waals surface area contributed by atoms with Crippen molar-refractivity contribution in [2.45, 2.75) is 58.0 Å². The fourth-order valence-corrected chi connectivity index (χ4v) is 3.82. The van der Waals surface area contributed by atoms with Gasteiger partial charge in [0.1, 0.15) is 0 Å². The lowest BCUT2D eigenvalue weighted by atomic mass is 9.79. The second-order valence-electron chi connectivity index (χ2n) is 6.77. The lowest BCUT2D eigenvalue weighted by molar-refractivity contribution is -0.152. The SMILES string of the molecule is COC1CN(CC2(C(=O)O)CCCCCC2)CCC1C. The van der Waals surface area contributed by atoms with E-state index < -0.39 is 11.4 Å². The van der Waals surface area contributed by atoms with Crippen molar-refractivity contribution in [3.05, 3.63) is 0 Å². The van der Waals surface area contributed by atoms with Gasteiger partial charge in [-0.15, -0.1) is 0 Å². The topological polar surface area (TPSA) is 49.8 Å². The number of ether oxygens (including phenoxy) is 1. The molecule has 20 heavy (non-hydrogen) atoms.